The first-order chi connectivity index (χ1) is 9.24. The number of ether oxygens (including phenoxy) is 1. The molecule has 0 amide bonds. The molecule has 1 aromatic heterocycles. The number of hydrogen-bond acceptors (Lipinski definition) is 3. The molecule has 0 saturated carbocycles. The van der Waals surface area contributed by atoms with E-state index in [0.717, 1.165) is 28.3 Å². The van der Waals surface area contributed by atoms with Crippen molar-refractivity contribution in [3.05, 3.63) is 59.5 Å². The van der Waals surface area contributed by atoms with Crippen molar-refractivity contribution in [1.29, 1.82) is 0 Å². The van der Waals surface area contributed by atoms with Crippen LogP contribution >= 0.6 is 0 Å². The van der Waals surface area contributed by atoms with Crippen LogP contribution in [-0.2, 0) is 6.42 Å². The van der Waals surface area contributed by atoms with Gasteiger partial charge >= 0.3 is 0 Å². The first-order valence-electron chi connectivity index (χ1n) is 6.23. The van der Waals surface area contributed by atoms with Gasteiger partial charge in [-0.2, -0.15) is 0 Å². The Hall–Kier alpha value is -2.29. The highest BCUT2D eigenvalue weighted by atomic mass is 16.5. The van der Waals surface area contributed by atoms with E-state index in [4.69, 9.17) is 9.15 Å². The quantitative estimate of drug-likeness (QED) is 0.713. The molecule has 0 bridgehead atoms. The lowest BCUT2D eigenvalue weighted by molar-refractivity contribution is 0.414. The third kappa shape index (κ3) is 2.45. The molecule has 0 spiro atoms. The van der Waals surface area contributed by atoms with Gasteiger partial charge in [0.15, 0.2) is 11.5 Å². The minimum absolute atomic E-state index is 0.672. The number of hydrogen-bond donors (Lipinski definition) is 0. The number of fused-ring (bicyclic) bond motifs is 1. The van der Waals surface area contributed by atoms with Crippen LogP contribution in [0.3, 0.4) is 0 Å². The van der Waals surface area contributed by atoms with Crippen molar-refractivity contribution in [1.82, 2.24) is 4.98 Å². The van der Waals surface area contributed by atoms with Crippen LogP contribution in [0.4, 0.5) is 0 Å². The van der Waals surface area contributed by atoms with Gasteiger partial charge in [-0.1, -0.05) is 18.2 Å². The maximum absolute atomic E-state index is 5.75. The van der Waals surface area contributed by atoms with Crippen LogP contribution in [0.1, 0.15) is 17.0 Å². The Labute approximate surface area is 111 Å². The van der Waals surface area contributed by atoms with Crippen molar-refractivity contribution < 1.29 is 9.15 Å². The van der Waals surface area contributed by atoms with E-state index in [0.29, 0.717) is 6.42 Å². The molecule has 0 fully saturated rings. The molecule has 0 aliphatic heterocycles. The highest BCUT2D eigenvalue weighted by Gasteiger charge is 2.07. The van der Waals surface area contributed by atoms with Gasteiger partial charge < -0.3 is 9.15 Å². The second kappa shape index (κ2) is 4.76. The lowest BCUT2D eigenvalue weighted by Crippen LogP contribution is -1.89. The number of aromatic nitrogens is 1. The van der Waals surface area contributed by atoms with Crippen molar-refractivity contribution in [3.8, 4) is 5.75 Å². The minimum atomic E-state index is 0.672. The van der Waals surface area contributed by atoms with Crippen LogP contribution in [0.15, 0.2) is 46.9 Å². The predicted octanol–water partition coefficient (Wildman–Crippen LogP) is 3.74. The number of rotatable bonds is 3. The standard InChI is InChI=1S/C16H15NO2/c1-11-6-7-15-14(8-11)17-16(19-15)10-12-4-3-5-13(9-12)18-2/h3-9H,10H2,1-2H3. The minimum Gasteiger partial charge on any atom is -0.497 e. The molecular formula is C16H15NO2. The SMILES string of the molecule is COc1cccc(Cc2nc3cc(C)ccc3o2)c1. The Morgan fingerprint density at radius 3 is 2.89 bits per heavy atom. The monoisotopic (exact) mass is 253 g/mol. The molecule has 3 rings (SSSR count). The van der Waals surface area contributed by atoms with Gasteiger partial charge in [0.05, 0.1) is 7.11 Å². The predicted molar refractivity (Wildman–Crippen MR) is 74.5 cm³/mol. The Kier molecular flexibility index (Phi) is 2.95. The average molecular weight is 253 g/mol. The summed E-state index contributed by atoms with van der Waals surface area (Å²) in [4.78, 5) is 4.52. The molecule has 19 heavy (non-hydrogen) atoms. The van der Waals surface area contributed by atoms with Crippen LogP contribution in [0.2, 0.25) is 0 Å². The zero-order valence-corrected chi connectivity index (χ0v) is 11.0. The van der Waals surface area contributed by atoms with Gasteiger partial charge in [-0.25, -0.2) is 4.98 Å². The molecule has 3 heteroatoms. The van der Waals surface area contributed by atoms with E-state index >= 15 is 0 Å². The van der Waals surface area contributed by atoms with Crippen LogP contribution in [0, 0.1) is 6.92 Å². The van der Waals surface area contributed by atoms with Gasteiger partial charge in [0.25, 0.3) is 0 Å². The number of aryl methyl sites for hydroxylation is 1. The Morgan fingerprint density at radius 2 is 2.05 bits per heavy atom. The number of methoxy groups -OCH3 is 1. The second-order valence-corrected chi connectivity index (χ2v) is 4.61. The molecule has 1 heterocycles. The van der Waals surface area contributed by atoms with E-state index in [-0.39, 0.29) is 0 Å². The topological polar surface area (TPSA) is 35.3 Å². The van der Waals surface area contributed by atoms with Gasteiger partial charge in [-0.3, -0.25) is 0 Å². The first-order valence-corrected chi connectivity index (χ1v) is 6.23. The molecule has 0 atom stereocenters. The molecule has 0 saturated heterocycles. The van der Waals surface area contributed by atoms with Crippen LogP contribution in [0.5, 0.6) is 5.75 Å². The van der Waals surface area contributed by atoms with Crippen LogP contribution < -0.4 is 4.74 Å². The maximum Gasteiger partial charge on any atom is 0.199 e. The number of nitrogens with zero attached hydrogens (tertiary/aromatic N) is 1. The molecular weight excluding hydrogens is 238 g/mol. The molecule has 96 valence electrons. The van der Waals surface area contributed by atoms with Crippen LogP contribution in [0.25, 0.3) is 11.1 Å². The highest BCUT2D eigenvalue weighted by molar-refractivity contribution is 5.73. The van der Waals surface area contributed by atoms with Gasteiger partial charge in [0, 0.05) is 6.42 Å². The molecule has 0 aliphatic rings. The van der Waals surface area contributed by atoms with Gasteiger partial charge in [0.2, 0.25) is 0 Å². The third-order valence-electron chi connectivity index (χ3n) is 3.08. The van der Waals surface area contributed by atoms with E-state index in [1.807, 2.05) is 42.5 Å². The van der Waals surface area contributed by atoms with Gasteiger partial charge in [-0.05, 0) is 42.3 Å². The zero-order valence-electron chi connectivity index (χ0n) is 11.0. The Balaban J connectivity index is 1.92. The summed E-state index contributed by atoms with van der Waals surface area (Å²) in [5.74, 6) is 1.58. The van der Waals surface area contributed by atoms with Crippen molar-refractivity contribution in [3.63, 3.8) is 0 Å². The van der Waals surface area contributed by atoms with Crippen LogP contribution in [-0.4, -0.2) is 12.1 Å². The number of benzene rings is 2. The van der Waals surface area contributed by atoms with E-state index < -0.39 is 0 Å². The van der Waals surface area contributed by atoms with E-state index in [2.05, 4.69) is 11.9 Å². The molecule has 0 aliphatic carbocycles. The normalized spacial score (nSPS) is 10.8. The molecule has 0 N–H and O–H groups in total. The Bertz CT molecular complexity index is 716. The summed E-state index contributed by atoms with van der Waals surface area (Å²) in [6.45, 7) is 2.05. The lowest BCUT2D eigenvalue weighted by atomic mass is 10.1. The molecule has 0 radical (unpaired) electrons. The summed E-state index contributed by atoms with van der Waals surface area (Å²) in [7, 11) is 1.67. The van der Waals surface area contributed by atoms with E-state index in [1.165, 1.54) is 5.56 Å². The van der Waals surface area contributed by atoms with Crippen molar-refractivity contribution in [2.45, 2.75) is 13.3 Å². The molecule has 0 unspecified atom stereocenters. The van der Waals surface area contributed by atoms with Gasteiger partial charge in [0.1, 0.15) is 11.3 Å². The summed E-state index contributed by atoms with van der Waals surface area (Å²) < 4.78 is 11.0. The third-order valence-corrected chi connectivity index (χ3v) is 3.08. The van der Waals surface area contributed by atoms with Gasteiger partial charge in [-0.15, -0.1) is 0 Å². The first kappa shape index (κ1) is 11.8. The number of oxazole rings is 1. The second-order valence-electron chi connectivity index (χ2n) is 4.61. The molecule has 2 aromatic carbocycles. The summed E-state index contributed by atoms with van der Waals surface area (Å²) in [6.07, 6.45) is 0.672. The van der Waals surface area contributed by atoms with Crippen molar-refractivity contribution in [2.24, 2.45) is 0 Å². The fourth-order valence-corrected chi connectivity index (χ4v) is 2.12. The summed E-state index contributed by atoms with van der Waals surface area (Å²) in [5.41, 5.74) is 4.07. The summed E-state index contributed by atoms with van der Waals surface area (Å²) in [6, 6.07) is 14.0. The summed E-state index contributed by atoms with van der Waals surface area (Å²) in [5, 5.41) is 0. The fourth-order valence-electron chi connectivity index (χ4n) is 2.12. The molecule has 3 aromatic rings. The van der Waals surface area contributed by atoms with E-state index in [1.54, 1.807) is 7.11 Å². The van der Waals surface area contributed by atoms with Crippen molar-refractivity contribution >= 4 is 11.1 Å². The zero-order chi connectivity index (χ0) is 13.2. The van der Waals surface area contributed by atoms with E-state index in [9.17, 15) is 0 Å². The fraction of sp³-hybridized carbons (Fsp3) is 0.188. The highest BCUT2D eigenvalue weighted by Crippen LogP contribution is 2.20. The van der Waals surface area contributed by atoms with Crippen molar-refractivity contribution in [2.75, 3.05) is 7.11 Å². The lowest BCUT2D eigenvalue weighted by Gasteiger charge is -2.01. The largest absolute Gasteiger partial charge is 0.497 e. The maximum atomic E-state index is 5.75. The molecule has 3 nitrogen and oxygen atoms in total. The average Bonchev–Trinajstić information content (AvgIpc) is 2.80. The summed E-state index contributed by atoms with van der Waals surface area (Å²) >= 11 is 0. The smallest absolute Gasteiger partial charge is 0.199 e. The Morgan fingerprint density at radius 1 is 1.16 bits per heavy atom.